The van der Waals surface area contributed by atoms with Crippen molar-refractivity contribution in [1.29, 1.82) is 0 Å². The predicted molar refractivity (Wildman–Crippen MR) is 108 cm³/mol. The maximum Gasteiger partial charge on any atom is 0.277 e. The van der Waals surface area contributed by atoms with Crippen LogP contribution in [0.1, 0.15) is 24.0 Å². The molecule has 1 fully saturated rings. The number of likely N-dealkylation sites (tertiary alicyclic amines) is 1. The number of carbonyl (C=O) groups is 2. The van der Waals surface area contributed by atoms with Crippen LogP contribution in [0, 0.1) is 0 Å². The first-order chi connectivity index (χ1) is 13.7. The highest BCUT2D eigenvalue weighted by Crippen LogP contribution is 2.34. The Bertz CT molecular complexity index is 897. The lowest BCUT2D eigenvalue weighted by Gasteiger charge is -2.20. The fourth-order valence-corrected chi connectivity index (χ4v) is 3.90. The maximum absolute atomic E-state index is 13.2. The summed E-state index contributed by atoms with van der Waals surface area (Å²) in [5, 5.41) is 0. The van der Waals surface area contributed by atoms with Crippen LogP contribution in [0.3, 0.4) is 0 Å². The number of carbonyl (C=O) groups excluding carboxylic acids is 2. The van der Waals surface area contributed by atoms with Gasteiger partial charge >= 0.3 is 0 Å². The third kappa shape index (κ3) is 3.40. The van der Waals surface area contributed by atoms with Crippen molar-refractivity contribution in [1.82, 2.24) is 9.80 Å². The van der Waals surface area contributed by atoms with Crippen LogP contribution in [0.15, 0.2) is 60.3 Å². The van der Waals surface area contributed by atoms with E-state index in [4.69, 9.17) is 4.74 Å². The van der Waals surface area contributed by atoms with E-state index >= 15 is 0 Å². The lowest BCUT2D eigenvalue weighted by atomic mass is 10.0. The molecular weight excluding hydrogens is 352 g/mol. The quantitative estimate of drug-likeness (QED) is 0.727. The molecule has 2 aliphatic heterocycles. The number of rotatable bonds is 6. The third-order valence-electron chi connectivity index (χ3n) is 5.41. The maximum atomic E-state index is 13.2. The average Bonchev–Trinajstić information content (AvgIpc) is 3.34. The van der Waals surface area contributed by atoms with E-state index in [0.717, 1.165) is 42.8 Å². The summed E-state index contributed by atoms with van der Waals surface area (Å²) in [7, 11) is 1.61. The summed E-state index contributed by atoms with van der Waals surface area (Å²) in [5.41, 5.74) is 2.95. The van der Waals surface area contributed by atoms with Gasteiger partial charge in [0.05, 0.1) is 12.7 Å². The second-order valence-corrected chi connectivity index (χ2v) is 7.14. The van der Waals surface area contributed by atoms with Gasteiger partial charge in [0.2, 0.25) is 0 Å². The second-order valence-electron chi connectivity index (χ2n) is 7.14. The second kappa shape index (κ2) is 7.89. The van der Waals surface area contributed by atoms with Crippen LogP contribution in [0.5, 0.6) is 5.75 Å². The largest absolute Gasteiger partial charge is 0.497 e. The van der Waals surface area contributed by atoms with Crippen LogP contribution in [-0.2, 0) is 16.0 Å². The molecule has 2 aliphatic rings. The Kier molecular flexibility index (Phi) is 5.15. The van der Waals surface area contributed by atoms with Crippen LogP contribution in [0.2, 0.25) is 0 Å². The number of ether oxygens (including phenoxy) is 1. The summed E-state index contributed by atoms with van der Waals surface area (Å²) in [4.78, 5) is 29.9. The Morgan fingerprint density at radius 1 is 0.893 bits per heavy atom. The minimum absolute atomic E-state index is 0.173. The van der Waals surface area contributed by atoms with Crippen molar-refractivity contribution in [2.24, 2.45) is 0 Å². The van der Waals surface area contributed by atoms with E-state index in [9.17, 15) is 9.59 Å². The molecule has 0 atom stereocenters. The number of hydrogen-bond acceptors (Lipinski definition) is 4. The number of imide groups is 1. The Morgan fingerprint density at radius 3 is 2.21 bits per heavy atom. The summed E-state index contributed by atoms with van der Waals surface area (Å²) >= 11 is 0. The smallest absolute Gasteiger partial charge is 0.277 e. The summed E-state index contributed by atoms with van der Waals surface area (Å²) in [6, 6.07) is 17.3. The minimum atomic E-state index is -0.201. The van der Waals surface area contributed by atoms with Crippen molar-refractivity contribution >= 4 is 17.4 Å². The number of nitrogens with zero attached hydrogens (tertiary/aromatic N) is 2. The molecule has 28 heavy (non-hydrogen) atoms. The average molecular weight is 376 g/mol. The van der Waals surface area contributed by atoms with E-state index in [0.29, 0.717) is 24.2 Å². The van der Waals surface area contributed by atoms with Gasteiger partial charge in [-0.3, -0.25) is 14.5 Å². The summed E-state index contributed by atoms with van der Waals surface area (Å²) in [6.45, 7) is 2.03. The third-order valence-corrected chi connectivity index (χ3v) is 5.41. The fraction of sp³-hybridized carbons (Fsp3) is 0.304. The van der Waals surface area contributed by atoms with Crippen molar-refractivity contribution in [3.63, 3.8) is 0 Å². The Balaban J connectivity index is 1.64. The van der Waals surface area contributed by atoms with E-state index in [1.54, 1.807) is 7.11 Å². The molecule has 5 heteroatoms. The summed E-state index contributed by atoms with van der Waals surface area (Å²) in [5.74, 6) is 0.353. The molecule has 144 valence electrons. The zero-order valence-corrected chi connectivity index (χ0v) is 16.1. The molecule has 0 bridgehead atoms. The zero-order valence-electron chi connectivity index (χ0n) is 16.1. The first-order valence-corrected chi connectivity index (χ1v) is 9.73. The fourth-order valence-electron chi connectivity index (χ4n) is 3.90. The highest BCUT2D eigenvalue weighted by molar-refractivity contribution is 6.35. The molecule has 2 heterocycles. The van der Waals surface area contributed by atoms with Crippen molar-refractivity contribution in [3.05, 3.63) is 71.4 Å². The highest BCUT2D eigenvalue weighted by atomic mass is 16.5. The lowest BCUT2D eigenvalue weighted by molar-refractivity contribution is -0.137. The molecule has 2 aromatic carbocycles. The van der Waals surface area contributed by atoms with E-state index in [1.165, 1.54) is 4.90 Å². The topological polar surface area (TPSA) is 49.9 Å². The normalized spacial score (nSPS) is 17.0. The van der Waals surface area contributed by atoms with Gasteiger partial charge in [0.1, 0.15) is 11.4 Å². The lowest BCUT2D eigenvalue weighted by Crippen LogP contribution is -2.36. The van der Waals surface area contributed by atoms with Gasteiger partial charge in [0.25, 0.3) is 11.8 Å². The monoisotopic (exact) mass is 376 g/mol. The standard InChI is InChI=1S/C23H24N2O3/c1-28-19-11-9-18(10-12-19)20-21(24-14-5-6-15-24)23(27)25(22(20)26)16-13-17-7-3-2-4-8-17/h2-4,7-12H,5-6,13-16H2,1H3. The van der Waals surface area contributed by atoms with Crippen molar-refractivity contribution < 1.29 is 14.3 Å². The first kappa shape index (κ1) is 18.3. The molecule has 2 aromatic rings. The van der Waals surface area contributed by atoms with Crippen LogP contribution >= 0.6 is 0 Å². The molecule has 0 aromatic heterocycles. The molecule has 0 N–H and O–H groups in total. The van der Waals surface area contributed by atoms with Gasteiger partial charge < -0.3 is 9.64 Å². The number of amides is 2. The number of hydrogen-bond donors (Lipinski definition) is 0. The van der Waals surface area contributed by atoms with Gasteiger partial charge in [-0.1, -0.05) is 42.5 Å². The van der Waals surface area contributed by atoms with Gasteiger partial charge in [-0.2, -0.15) is 0 Å². The Morgan fingerprint density at radius 2 is 1.57 bits per heavy atom. The molecule has 2 amide bonds. The van der Waals surface area contributed by atoms with Gasteiger partial charge in [-0.15, -0.1) is 0 Å². The van der Waals surface area contributed by atoms with Gasteiger partial charge in [-0.05, 0) is 42.5 Å². The van der Waals surface area contributed by atoms with Crippen LogP contribution in [0.4, 0.5) is 0 Å². The summed E-state index contributed by atoms with van der Waals surface area (Å²) < 4.78 is 5.23. The predicted octanol–water partition coefficient (Wildman–Crippen LogP) is 3.11. The Hall–Kier alpha value is -3.08. The van der Waals surface area contributed by atoms with Crippen LogP contribution in [-0.4, -0.2) is 48.4 Å². The van der Waals surface area contributed by atoms with Crippen molar-refractivity contribution in [3.8, 4) is 5.75 Å². The molecule has 1 saturated heterocycles. The van der Waals surface area contributed by atoms with E-state index < -0.39 is 0 Å². The number of methoxy groups -OCH3 is 1. The molecule has 5 nitrogen and oxygen atoms in total. The van der Waals surface area contributed by atoms with E-state index in [2.05, 4.69) is 4.90 Å². The Labute approximate surface area is 165 Å². The van der Waals surface area contributed by atoms with E-state index in [1.807, 2.05) is 54.6 Å². The van der Waals surface area contributed by atoms with Crippen molar-refractivity contribution in [2.45, 2.75) is 19.3 Å². The van der Waals surface area contributed by atoms with Gasteiger partial charge in [0.15, 0.2) is 0 Å². The molecule has 0 spiro atoms. The molecule has 4 rings (SSSR count). The zero-order chi connectivity index (χ0) is 19.5. The minimum Gasteiger partial charge on any atom is -0.497 e. The van der Waals surface area contributed by atoms with E-state index in [-0.39, 0.29) is 11.8 Å². The highest BCUT2D eigenvalue weighted by Gasteiger charge is 2.41. The molecule has 0 saturated carbocycles. The van der Waals surface area contributed by atoms with Crippen molar-refractivity contribution in [2.75, 3.05) is 26.7 Å². The van der Waals surface area contributed by atoms with Gasteiger partial charge in [-0.25, -0.2) is 0 Å². The SMILES string of the molecule is COc1ccc(C2=C(N3CCCC3)C(=O)N(CCc3ccccc3)C2=O)cc1. The van der Waals surface area contributed by atoms with Gasteiger partial charge in [0, 0.05) is 19.6 Å². The van der Waals surface area contributed by atoms with Crippen LogP contribution in [0.25, 0.3) is 5.57 Å². The summed E-state index contributed by atoms with van der Waals surface area (Å²) in [6.07, 6.45) is 2.75. The molecule has 0 unspecified atom stereocenters. The van der Waals surface area contributed by atoms with Crippen LogP contribution < -0.4 is 4.74 Å². The molecule has 0 radical (unpaired) electrons. The molecular formula is C23H24N2O3. The number of benzene rings is 2. The first-order valence-electron chi connectivity index (χ1n) is 9.73. The molecule has 0 aliphatic carbocycles.